The molecule has 3 heterocycles. The van der Waals surface area contributed by atoms with Gasteiger partial charge in [-0.15, -0.1) is 0 Å². The Labute approximate surface area is 167 Å². The summed E-state index contributed by atoms with van der Waals surface area (Å²) in [4.78, 5) is 18.2. The van der Waals surface area contributed by atoms with Crippen molar-refractivity contribution in [3.8, 4) is 0 Å². The fraction of sp³-hybridized carbons (Fsp3) is 0.500. The van der Waals surface area contributed by atoms with Gasteiger partial charge in [0.25, 0.3) is 0 Å². The number of rotatable bonds is 4. The zero-order chi connectivity index (χ0) is 20.6. The van der Waals surface area contributed by atoms with Crippen LogP contribution in [0.1, 0.15) is 36.4 Å². The summed E-state index contributed by atoms with van der Waals surface area (Å²) in [5.41, 5.74) is 0.140. The van der Waals surface area contributed by atoms with E-state index < -0.39 is 15.8 Å². The van der Waals surface area contributed by atoms with Crippen molar-refractivity contribution >= 4 is 21.7 Å². The molecule has 9 nitrogen and oxygen atoms in total. The summed E-state index contributed by atoms with van der Waals surface area (Å²) in [7, 11) is -3.17. The van der Waals surface area contributed by atoms with Gasteiger partial charge in [0.1, 0.15) is 5.82 Å². The van der Waals surface area contributed by atoms with Gasteiger partial charge in [-0.2, -0.15) is 4.98 Å². The fourth-order valence-electron chi connectivity index (χ4n) is 3.58. The first-order chi connectivity index (χ1) is 13.8. The summed E-state index contributed by atoms with van der Waals surface area (Å²) in [6, 6.07) is 5.62. The summed E-state index contributed by atoms with van der Waals surface area (Å²) in [5, 5.41) is 6.61. The highest BCUT2D eigenvalue weighted by Gasteiger charge is 2.37. The molecule has 11 heteroatoms. The third kappa shape index (κ3) is 4.25. The number of halogens is 1. The highest BCUT2D eigenvalue weighted by atomic mass is 32.2. The lowest BCUT2D eigenvalue weighted by molar-refractivity contribution is 0.147. The molecule has 0 spiro atoms. The van der Waals surface area contributed by atoms with Crippen molar-refractivity contribution in [2.45, 2.75) is 24.7 Å². The van der Waals surface area contributed by atoms with Gasteiger partial charge >= 0.3 is 6.03 Å². The maximum Gasteiger partial charge on any atom is 0.321 e. The van der Waals surface area contributed by atoms with Crippen LogP contribution in [-0.2, 0) is 10.0 Å². The molecule has 0 unspecified atom stereocenters. The first-order valence-corrected chi connectivity index (χ1v) is 11.2. The number of aromatic nitrogens is 2. The molecule has 29 heavy (non-hydrogen) atoms. The van der Waals surface area contributed by atoms with Crippen molar-refractivity contribution in [1.29, 1.82) is 0 Å². The van der Waals surface area contributed by atoms with E-state index in [4.69, 9.17) is 4.52 Å². The average molecular weight is 423 g/mol. The molecule has 1 aromatic carbocycles. The van der Waals surface area contributed by atoms with Crippen molar-refractivity contribution in [2.75, 3.05) is 37.8 Å². The van der Waals surface area contributed by atoms with Gasteiger partial charge in [-0.05, 0) is 25.0 Å². The Morgan fingerprint density at radius 3 is 2.55 bits per heavy atom. The van der Waals surface area contributed by atoms with Crippen LogP contribution < -0.4 is 5.32 Å². The molecule has 1 aromatic heterocycles. The van der Waals surface area contributed by atoms with Crippen LogP contribution in [0.2, 0.25) is 0 Å². The fourth-order valence-corrected chi connectivity index (χ4v) is 4.46. The molecule has 0 saturated carbocycles. The number of anilines is 1. The van der Waals surface area contributed by atoms with Gasteiger partial charge in [0.05, 0.1) is 17.9 Å². The number of sulfonamides is 1. The van der Waals surface area contributed by atoms with E-state index in [2.05, 4.69) is 15.5 Å². The molecule has 0 atom stereocenters. The van der Waals surface area contributed by atoms with Crippen LogP contribution in [0.15, 0.2) is 28.8 Å². The molecule has 1 N–H and O–H groups in total. The van der Waals surface area contributed by atoms with Gasteiger partial charge in [0.2, 0.25) is 15.9 Å². The van der Waals surface area contributed by atoms with Crippen LogP contribution in [0, 0.1) is 5.82 Å². The maximum atomic E-state index is 13.6. The van der Waals surface area contributed by atoms with Crippen LogP contribution in [0.25, 0.3) is 0 Å². The number of nitrogens with zero attached hydrogens (tertiary/aromatic N) is 4. The lowest BCUT2D eigenvalue weighted by Crippen LogP contribution is -2.50. The molecule has 0 bridgehead atoms. The summed E-state index contributed by atoms with van der Waals surface area (Å²) in [6.07, 6.45) is 2.51. The molecule has 0 aliphatic carbocycles. The minimum Gasteiger partial charge on any atom is -0.339 e. The monoisotopic (exact) mass is 423 g/mol. The summed E-state index contributed by atoms with van der Waals surface area (Å²) < 4.78 is 43.7. The SMILES string of the molecule is CS(=O)(=O)N1CCC(c2noc(C3CN(C(=O)Nc4ccccc4F)C3)n2)CC1. The molecule has 2 aromatic rings. The van der Waals surface area contributed by atoms with Gasteiger partial charge in [0.15, 0.2) is 5.82 Å². The molecule has 2 amide bonds. The van der Waals surface area contributed by atoms with E-state index in [1.165, 1.54) is 22.7 Å². The zero-order valence-electron chi connectivity index (χ0n) is 15.9. The van der Waals surface area contributed by atoms with Crippen molar-refractivity contribution in [3.63, 3.8) is 0 Å². The highest BCUT2D eigenvalue weighted by Crippen LogP contribution is 2.31. The molecule has 156 valence electrons. The molecule has 0 radical (unpaired) electrons. The zero-order valence-corrected chi connectivity index (χ0v) is 16.7. The number of hydrogen-bond acceptors (Lipinski definition) is 6. The van der Waals surface area contributed by atoms with Crippen LogP contribution in [0.4, 0.5) is 14.9 Å². The minimum absolute atomic E-state index is 0.0567. The number of amides is 2. The van der Waals surface area contributed by atoms with Gasteiger partial charge in [-0.3, -0.25) is 0 Å². The number of piperidine rings is 1. The number of urea groups is 1. The van der Waals surface area contributed by atoms with Crippen molar-refractivity contribution in [3.05, 3.63) is 41.8 Å². The molecule has 4 rings (SSSR count). The largest absolute Gasteiger partial charge is 0.339 e. The molecule has 2 fully saturated rings. The van der Waals surface area contributed by atoms with Crippen LogP contribution in [0.5, 0.6) is 0 Å². The van der Waals surface area contributed by atoms with Gasteiger partial charge in [0, 0.05) is 32.1 Å². The average Bonchev–Trinajstić information content (AvgIpc) is 3.11. The second-order valence-corrected chi connectivity index (χ2v) is 9.42. The minimum atomic E-state index is -3.17. The molecular weight excluding hydrogens is 401 g/mol. The molecule has 2 aliphatic heterocycles. The second kappa shape index (κ2) is 7.71. The first-order valence-electron chi connectivity index (χ1n) is 9.40. The number of nitrogens with one attached hydrogen (secondary N) is 1. The normalized spacial score (nSPS) is 19.2. The maximum absolute atomic E-state index is 13.6. The van der Waals surface area contributed by atoms with Gasteiger partial charge < -0.3 is 14.7 Å². The third-order valence-electron chi connectivity index (χ3n) is 5.38. The van der Waals surface area contributed by atoms with E-state index in [-0.39, 0.29) is 23.6 Å². The number of likely N-dealkylation sites (tertiary alicyclic amines) is 1. The van der Waals surface area contributed by atoms with Crippen molar-refractivity contribution in [1.82, 2.24) is 19.3 Å². The van der Waals surface area contributed by atoms with E-state index in [0.29, 0.717) is 50.7 Å². The predicted molar refractivity (Wildman–Crippen MR) is 102 cm³/mol. The number of carbonyl (C=O) groups excluding carboxylic acids is 1. The first kappa shape index (κ1) is 19.8. The number of carbonyl (C=O) groups is 1. The van der Waals surface area contributed by atoms with E-state index >= 15 is 0 Å². The topological polar surface area (TPSA) is 109 Å². The van der Waals surface area contributed by atoms with Crippen LogP contribution in [-0.4, -0.2) is 66.2 Å². The number of benzene rings is 1. The predicted octanol–water partition coefficient (Wildman–Crippen LogP) is 1.98. The third-order valence-corrected chi connectivity index (χ3v) is 6.68. The Morgan fingerprint density at radius 1 is 1.21 bits per heavy atom. The smallest absolute Gasteiger partial charge is 0.321 e. The standard InChI is InChI=1S/C18H22FN5O4S/c1-29(26,27)24-8-6-12(7-9-24)16-21-17(28-22-16)13-10-23(11-13)18(25)20-15-5-3-2-4-14(15)19/h2-5,12-13H,6-11H2,1H3,(H,20,25). The Balaban J connectivity index is 1.29. The van der Waals surface area contributed by atoms with Crippen LogP contribution in [0.3, 0.4) is 0 Å². The summed E-state index contributed by atoms with van der Waals surface area (Å²) >= 11 is 0. The molecule has 2 aliphatic rings. The van der Waals surface area contributed by atoms with E-state index in [1.54, 1.807) is 17.0 Å². The molecule has 2 saturated heterocycles. The lowest BCUT2D eigenvalue weighted by Gasteiger charge is -2.36. The van der Waals surface area contributed by atoms with E-state index in [9.17, 15) is 17.6 Å². The quantitative estimate of drug-likeness (QED) is 0.806. The summed E-state index contributed by atoms with van der Waals surface area (Å²) in [6.45, 7) is 1.71. The Kier molecular flexibility index (Phi) is 5.26. The van der Waals surface area contributed by atoms with Crippen molar-refractivity contribution in [2.24, 2.45) is 0 Å². The van der Waals surface area contributed by atoms with Gasteiger partial charge in [-0.1, -0.05) is 17.3 Å². The Morgan fingerprint density at radius 2 is 1.90 bits per heavy atom. The Bertz CT molecular complexity index is 997. The lowest BCUT2D eigenvalue weighted by atomic mass is 9.97. The summed E-state index contributed by atoms with van der Waals surface area (Å²) in [5.74, 6) is 0.578. The highest BCUT2D eigenvalue weighted by molar-refractivity contribution is 7.88. The van der Waals surface area contributed by atoms with E-state index in [0.717, 1.165) is 0 Å². The molecular formula is C18H22FN5O4S. The number of para-hydroxylation sites is 1. The van der Waals surface area contributed by atoms with Crippen molar-refractivity contribution < 1.29 is 22.1 Å². The van der Waals surface area contributed by atoms with Gasteiger partial charge in [-0.25, -0.2) is 21.9 Å². The number of hydrogen-bond donors (Lipinski definition) is 1. The Hall–Kier alpha value is -2.53. The van der Waals surface area contributed by atoms with Crippen LogP contribution >= 0.6 is 0 Å². The van der Waals surface area contributed by atoms with E-state index in [1.807, 2.05) is 0 Å². The second-order valence-electron chi connectivity index (χ2n) is 7.44.